The number of rotatable bonds is 5. The zero-order valence-electron chi connectivity index (χ0n) is 11.6. The predicted molar refractivity (Wildman–Crippen MR) is 78.7 cm³/mol. The number of amides is 1. The molecule has 1 rings (SSSR count). The normalized spacial score (nSPS) is 13.1. The lowest BCUT2D eigenvalue weighted by atomic mass is 9.86. The number of carbonyl (C=O) groups excluding carboxylic acids is 1. The number of hydrogen-bond donors (Lipinski definition) is 2. The quantitative estimate of drug-likeness (QED) is 0.863. The van der Waals surface area contributed by atoms with Crippen LogP contribution in [0.15, 0.2) is 24.3 Å². The van der Waals surface area contributed by atoms with E-state index >= 15 is 0 Å². The molecule has 0 saturated heterocycles. The van der Waals surface area contributed by atoms with Crippen LogP contribution >= 0.6 is 0 Å². The fourth-order valence-electron chi connectivity index (χ4n) is 1.75. The summed E-state index contributed by atoms with van der Waals surface area (Å²) in [6.45, 7) is 6.05. The molecule has 0 aliphatic carbocycles. The Morgan fingerprint density at radius 2 is 1.95 bits per heavy atom. The highest BCUT2D eigenvalue weighted by molar-refractivity contribution is 7.85. The van der Waals surface area contributed by atoms with Crippen LogP contribution in [0, 0.1) is 0 Å². The molecule has 0 radical (unpaired) electrons. The predicted octanol–water partition coefficient (Wildman–Crippen LogP) is 1.66. The Labute approximate surface area is 116 Å². The highest BCUT2D eigenvalue weighted by Gasteiger charge is 2.18. The molecule has 1 aromatic carbocycles. The Hall–Kier alpha value is -1.20. The Balaban J connectivity index is 2.77. The number of nitrogens with one attached hydrogen (secondary N) is 1. The van der Waals surface area contributed by atoms with Gasteiger partial charge in [0.1, 0.15) is 5.75 Å². The van der Waals surface area contributed by atoms with Crippen molar-refractivity contribution in [3.63, 3.8) is 0 Å². The second-order valence-corrected chi connectivity index (χ2v) is 6.93. The minimum atomic E-state index is -1.31. The fraction of sp³-hybridized carbons (Fsp3) is 0.500. The molecule has 0 aliphatic rings. The molecular weight excluding hydrogens is 262 g/mol. The summed E-state index contributed by atoms with van der Waals surface area (Å²) in [6, 6.07) is 7.60. The summed E-state index contributed by atoms with van der Waals surface area (Å²) < 4.78 is 11.4. The van der Waals surface area contributed by atoms with Gasteiger partial charge in [-0.15, -0.1) is 0 Å². The second-order valence-electron chi connectivity index (χ2n) is 5.36. The molecule has 1 atom stereocenters. The fourth-order valence-corrected chi connectivity index (χ4v) is 2.47. The standard InChI is InChI=1S/C14H21NO3S/c1-14(2,3)11-6-4-5-7-12(11)15-13(17)10-19(18)9-8-16/h4-7,16H,8-10H2,1-3H3,(H,15,17). The van der Waals surface area contributed by atoms with Gasteiger partial charge in [-0.25, -0.2) is 0 Å². The van der Waals surface area contributed by atoms with E-state index in [4.69, 9.17) is 5.11 Å². The van der Waals surface area contributed by atoms with Crippen LogP contribution in [0.4, 0.5) is 5.69 Å². The summed E-state index contributed by atoms with van der Waals surface area (Å²) in [5.74, 6) is -0.239. The van der Waals surface area contributed by atoms with Gasteiger partial charge in [0, 0.05) is 22.2 Å². The highest BCUT2D eigenvalue weighted by Crippen LogP contribution is 2.29. The van der Waals surface area contributed by atoms with E-state index in [1.807, 2.05) is 24.3 Å². The maximum absolute atomic E-state index is 11.8. The van der Waals surface area contributed by atoms with Crippen molar-refractivity contribution >= 4 is 22.4 Å². The van der Waals surface area contributed by atoms with Crippen molar-refractivity contribution in [3.8, 4) is 0 Å². The molecule has 4 nitrogen and oxygen atoms in total. The summed E-state index contributed by atoms with van der Waals surface area (Å²) >= 11 is 0. The summed E-state index contributed by atoms with van der Waals surface area (Å²) in [4.78, 5) is 11.8. The van der Waals surface area contributed by atoms with Crippen molar-refractivity contribution < 1.29 is 14.1 Å². The second kappa shape index (κ2) is 6.82. The molecule has 5 heteroatoms. The summed E-state index contributed by atoms with van der Waals surface area (Å²) in [6.07, 6.45) is 0. The molecule has 19 heavy (non-hydrogen) atoms. The number of hydrogen-bond acceptors (Lipinski definition) is 3. The smallest absolute Gasteiger partial charge is 0.236 e. The van der Waals surface area contributed by atoms with Gasteiger partial charge in [0.05, 0.1) is 6.61 Å². The molecule has 0 saturated carbocycles. The average molecular weight is 283 g/mol. The molecule has 0 fully saturated rings. The lowest BCUT2D eigenvalue weighted by molar-refractivity contribution is -0.113. The van der Waals surface area contributed by atoms with Crippen molar-refractivity contribution in [3.05, 3.63) is 29.8 Å². The topological polar surface area (TPSA) is 66.4 Å². The van der Waals surface area contributed by atoms with Crippen LogP contribution in [0.2, 0.25) is 0 Å². The Morgan fingerprint density at radius 3 is 2.53 bits per heavy atom. The number of carbonyl (C=O) groups is 1. The van der Waals surface area contributed by atoms with E-state index in [0.717, 1.165) is 11.3 Å². The molecule has 1 amide bonds. The first-order chi connectivity index (χ1) is 8.84. The molecule has 0 aromatic heterocycles. The SMILES string of the molecule is CC(C)(C)c1ccccc1NC(=O)CS(=O)CCO. The zero-order chi connectivity index (χ0) is 14.5. The van der Waals surface area contributed by atoms with Crippen LogP contribution in [0.3, 0.4) is 0 Å². The van der Waals surface area contributed by atoms with E-state index < -0.39 is 10.8 Å². The summed E-state index contributed by atoms with van der Waals surface area (Å²) in [5, 5.41) is 11.5. The third-order valence-electron chi connectivity index (χ3n) is 2.62. The lowest BCUT2D eigenvalue weighted by Crippen LogP contribution is -2.24. The molecule has 0 spiro atoms. The Bertz CT molecular complexity index is 466. The minimum absolute atomic E-state index is 0.0753. The zero-order valence-corrected chi connectivity index (χ0v) is 12.4. The number of aliphatic hydroxyl groups excluding tert-OH is 1. The number of anilines is 1. The van der Waals surface area contributed by atoms with Gasteiger partial charge in [-0.2, -0.15) is 0 Å². The first-order valence-corrected chi connectivity index (χ1v) is 7.68. The van der Waals surface area contributed by atoms with Gasteiger partial charge >= 0.3 is 0 Å². The van der Waals surface area contributed by atoms with Crippen LogP contribution < -0.4 is 5.32 Å². The van der Waals surface area contributed by atoms with Crippen LogP contribution in [0.1, 0.15) is 26.3 Å². The maximum atomic E-state index is 11.8. The first kappa shape index (κ1) is 15.9. The van der Waals surface area contributed by atoms with E-state index in [2.05, 4.69) is 26.1 Å². The molecular formula is C14H21NO3S. The van der Waals surface area contributed by atoms with Crippen LogP contribution in [0.25, 0.3) is 0 Å². The van der Waals surface area contributed by atoms with Crippen LogP contribution in [0.5, 0.6) is 0 Å². The minimum Gasteiger partial charge on any atom is -0.395 e. The van der Waals surface area contributed by atoms with E-state index in [0.29, 0.717) is 0 Å². The molecule has 1 aromatic rings. The molecule has 0 heterocycles. The van der Waals surface area contributed by atoms with Gasteiger partial charge in [0.25, 0.3) is 0 Å². The van der Waals surface area contributed by atoms with E-state index in [1.54, 1.807) is 0 Å². The molecule has 2 N–H and O–H groups in total. The Kier molecular flexibility index (Phi) is 5.69. The average Bonchev–Trinajstić information content (AvgIpc) is 2.28. The number of benzene rings is 1. The van der Waals surface area contributed by atoms with Gasteiger partial charge in [0.15, 0.2) is 0 Å². The van der Waals surface area contributed by atoms with E-state index in [-0.39, 0.29) is 29.4 Å². The van der Waals surface area contributed by atoms with Crippen LogP contribution in [-0.2, 0) is 21.0 Å². The van der Waals surface area contributed by atoms with Crippen molar-refractivity contribution in [1.29, 1.82) is 0 Å². The summed E-state index contributed by atoms with van der Waals surface area (Å²) in [5.41, 5.74) is 1.71. The van der Waals surface area contributed by atoms with Gasteiger partial charge < -0.3 is 10.4 Å². The number of para-hydroxylation sites is 1. The highest BCUT2D eigenvalue weighted by atomic mass is 32.2. The first-order valence-electron chi connectivity index (χ1n) is 6.20. The van der Waals surface area contributed by atoms with Gasteiger partial charge in [-0.3, -0.25) is 9.00 Å². The molecule has 106 valence electrons. The van der Waals surface area contributed by atoms with Crippen molar-refractivity contribution in [2.45, 2.75) is 26.2 Å². The molecule has 0 aliphatic heterocycles. The Morgan fingerprint density at radius 1 is 1.32 bits per heavy atom. The van der Waals surface area contributed by atoms with Crippen molar-refractivity contribution in [1.82, 2.24) is 0 Å². The largest absolute Gasteiger partial charge is 0.395 e. The van der Waals surface area contributed by atoms with E-state index in [1.165, 1.54) is 0 Å². The van der Waals surface area contributed by atoms with Crippen molar-refractivity contribution in [2.75, 3.05) is 23.4 Å². The van der Waals surface area contributed by atoms with Gasteiger partial charge in [0.2, 0.25) is 5.91 Å². The summed E-state index contributed by atoms with van der Waals surface area (Å²) in [7, 11) is -1.31. The van der Waals surface area contributed by atoms with E-state index in [9.17, 15) is 9.00 Å². The lowest BCUT2D eigenvalue weighted by Gasteiger charge is -2.22. The molecule has 0 bridgehead atoms. The van der Waals surface area contributed by atoms with Gasteiger partial charge in [-0.1, -0.05) is 39.0 Å². The third kappa shape index (κ3) is 5.12. The van der Waals surface area contributed by atoms with Gasteiger partial charge in [-0.05, 0) is 17.0 Å². The van der Waals surface area contributed by atoms with Crippen molar-refractivity contribution in [2.24, 2.45) is 0 Å². The molecule has 1 unspecified atom stereocenters. The number of aliphatic hydroxyl groups is 1. The van der Waals surface area contributed by atoms with Crippen LogP contribution in [-0.4, -0.2) is 33.3 Å². The third-order valence-corrected chi connectivity index (χ3v) is 3.84. The maximum Gasteiger partial charge on any atom is 0.236 e. The monoisotopic (exact) mass is 283 g/mol.